The number of Topliss-reactive ketones (excluding diaryl/α,β-unsaturated/α-hetero) is 1. The number of aliphatic hydroxyl groups is 1. The smallest absolute Gasteiger partial charge is 0.387 e. The Labute approximate surface area is 240 Å². The lowest BCUT2D eigenvalue weighted by molar-refractivity contribution is -0.123. The lowest BCUT2D eigenvalue weighted by atomic mass is 9.81. The first-order chi connectivity index (χ1) is 19.9. The molecule has 2 aromatic carbocycles. The van der Waals surface area contributed by atoms with E-state index in [1.54, 1.807) is 13.0 Å². The SMILES string of the molecule is C[C@](O)(CCC(=O)c1ccc(OC(F)F)c(OCC2CC2)c1)c1cc2c(c(-c3ccc(F)cc3)n1)OC[C@]2(C)C(N)=O. The Morgan fingerprint density at radius 2 is 1.88 bits per heavy atom. The van der Waals surface area contributed by atoms with Crippen LogP contribution in [0, 0.1) is 11.7 Å². The van der Waals surface area contributed by atoms with E-state index >= 15 is 0 Å². The minimum atomic E-state index is -3.05. The first kappa shape index (κ1) is 29.4. The zero-order valence-electron chi connectivity index (χ0n) is 23.2. The summed E-state index contributed by atoms with van der Waals surface area (Å²) in [6.07, 6.45) is 1.78. The molecule has 2 heterocycles. The number of carbonyl (C=O) groups is 2. The van der Waals surface area contributed by atoms with Crippen molar-refractivity contribution in [3.05, 3.63) is 71.2 Å². The van der Waals surface area contributed by atoms with Crippen LogP contribution in [0.2, 0.25) is 0 Å². The van der Waals surface area contributed by atoms with Crippen molar-refractivity contribution in [2.45, 2.75) is 57.2 Å². The fourth-order valence-corrected chi connectivity index (χ4v) is 4.78. The third-order valence-corrected chi connectivity index (χ3v) is 7.78. The highest BCUT2D eigenvalue weighted by atomic mass is 19.3. The van der Waals surface area contributed by atoms with Gasteiger partial charge in [-0.1, -0.05) is 0 Å². The lowest BCUT2D eigenvalue weighted by Gasteiger charge is -2.26. The molecule has 5 rings (SSSR count). The average molecular weight is 585 g/mol. The van der Waals surface area contributed by atoms with Gasteiger partial charge in [0.25, 0.3) is 0 Å². The van der Waals surface area contributed by atoms with E-state index in [1.165, 1.54) is 49.4 Å². The molecule has 42 heavy (non-hydrogen) atoms. The number of primary amides is 1. The number of carbonyl (C=O) groups excluding carboxylic acids is 2. The van der Waals surface area contributed by atoms with E-state index in [0.717, 1.165) is 12.8 Å². The molecule has 8 nitrogen and oxygen atoms in total. The number of hydrogen-bond donors (Lipinski definition) is 2. The highest BCUT2D eigenvalue weighted by Gasteiger charge is 2.45. The van der Waals surface area contributed by atoms with Crippen LogP contribution in [0.5, 0.6) is 17.2 Å². The second-order valence-electron chi connectivity index (χ2n) is 11.2. The van der Waals surface area contributed by atoms with Crippen LogP contribution in [0.1, 0.15) is 61.1 Å². The maximum atomic E-state index is 13.6. The summed E-state index contributed by atoms with van der Waals surface area (Å²) in [5.41, 5.74) is 4.46. The second-order valence-corrected chi connectivity index (χ2v) is 11.2. The highest BCUT2D eigenvalue weighted by Crippen LogP contribution is 2.46. The normalized spacial score (nSPS) is 19.1. The number of pyridine rings is 1. The van der Waals surface area contributed by atoms with Gasteiger partial charge in [0.2, 0.25) is 5.91 Å². The van der Waals surface area contributed by atoms with Crippen molar-refractivity contribution in [2.24, 2.45) is 11.7 Å². The van der Waals surface area contributed by atoms with Crippen molar-refractivity contribution in [1.29, 1.82) is 0 Å². The number of nitrogens with zero attached hydrogens (tertiary/aromatic N) is 1. The standard InChI is InChI=1S/C31H31F3N2O6/c1-30(28(35)38)16-41-27-21(30)14-25(36-26(27)18-5-8-20(32)9-6-18)31(2,39)12-11-22(37)19-7-10-23(42-29(33)34)24(13-19)40-15-17-3-4-17/h5-10,13-14,17,29,39H,3-4,11-12,15-16H2,1-2H3,(H2,35,38)/t30-,31-/m0/s1. The molecule has 0 bridgehead atoms. The number of aromatic nitrogens is 1. The molecule has 2 atom stereocenters. The Kier molecular flexibility index (Phi) is 7.89. The van der Waals surface area contributed by atoms with Gasteiger partial charge in [0.1, 0.15) is 34.9 Å². The van der Waals surface area contributed by atoms with Gasteiger partial charge < -0.3 is 25.1 Å². The van der Waals surface area contributed by atoms with Gasteiger partial charge in [0.15, 0.2) is 17.3 Å². The van der Waals surface area contributed by atoms with Crippen LogP contribution < -0.4 is 19.9 Å². The monoisotopic (exact) mass is 584 g/mol. The number of hydrogen-bond acceptors (Lipinski definition) is 7. The summed E-state index contributed by atoms with van der Waals surface area (Å²) in [6, 6.07) is 11.1. The molecule has 3 N–H and O–H groups in total. The molecule has 222 valence electrons. The first-order valence-corrected chi connectivity index (χ1v) is 13.6. The van der Waals surface area contributed by atoms with Crippen LogP contribution in [-0.2, 0) is 15.8 Å². The maximum absolute atomic E-state index is 13.6. The van der Waals surface area contributed by atoms with Gasteiger partial charge in [-0.25, -0.2) is 9.37 Å². The minimum Gasteiger partial charge on any atom is -0.489 e. The predicted molar refractivity (Wildman–Crippen MR) is 146 cm³/mol. The lowest BCUT2D eigenvalue weighted by Crippen LogP contribution is -2.40. The van der Waals surface area contributed by atoms with Crippen molar-refractivity contribution in [3.8, 4) is 28.5 Å². The van der Waals surface area contributed by atoms with Crippen LogP contribution in [-0.4, -0.2) is 41.6 Å². The van der Waals surface area contributed by atoms with Gasteiger partial charge in [0.05, 0.1) is 12.3 Å². The second kappa shape index (κ2) is 11.3. The van der Waals surface area contributed by atoms with Gasteiger partial charge in [0, 0.05) is 23.1 Å². The summed E-state index contributed by atoms with van der Waals surface area (Å²) in [4.78, 5) is 30.2. The molecular formula is C31H31F3N2O6. The Hall–Kier alpha value is -4.12. The van der Waals surface area contributed by atoms with Crippen molar-refractivity contribution in [3.63, 3.8) is 0 Å². The summed E-state index contributed by atoms with van der Waals surface area (Å²) in [5, 5.41) is 11.5. The summed E-state index contributed by atoms with van der Waals surface area (Å²) in [6.45, 7) is 0.368. The minimum absolute atomic E-state index is 0.0337. The predicted octanol–water partition coefficient (Wildman–Crippen LogP) is 5.28. The number of amides is 1. The van der Waals surface area contributed by atoms with E-state index in [1.807, 2.05) is 0 Å². The molecular weight excluding hydrogens is 553 g/mol. The van der Waals surface area contributed by atoms with E-state index in [9.17, 15) is 27.9 Å². The van der Waals surface area contributed by atoms with Gasteiger partial charge in [-0.15, -0.1) is 0 Å². The Bertz CT molecular complexity index is 1510. The van der Waals surface area contributed by atoms with E-state index in [4.69, 9.17) is 15.2 Å². The fourth-order valence-electron chi connectivity index (χ4n) is 4.78. The number of ether oxygens (including phenoxy) is 3. The summed E-state index contributed by atoms with van der Waals surface area (Å²) in [7, 11) is 0. The Morgan fingerprint density at radius 1 is 1.17 bits per heavy atom. The molecule has 1 aliphatic carbocycles. The number of fused-ring (bicyclic) bond motifs is 1. The average Bonchev–Trinajstić information content (AvgIpc) is 3.72. The highest BCUT2D eigenvalue weighted by molar-refractivity contribution is 5.96. The molecule has 1 fully saturated rings. The van der Waals surface area contributed by atoms with Crippen LogP contribution in [0.15, 0.2) is 48.5 Å². The molecule has 1 saturated carbocycles. The molecule has 0 spiro atoms. The number of benzene rings is 2. The van der Waals surface area contributed by atoms with E-state index in [0.29, 0.717) is 35.1 Å². The topological polar surface area (TPSA) is 121 Å². The quantitative estimate of drug-likeness (QED) is 0.278. The molecule has 1 amide bonds. The third-order valence-electron chi connectivity index (χ3n) is 7.78. The molecule has 2 aliphatic rings. The summed E-state index contributed by atoms with van der Waals surface area (Å²) < 4.78 is 55.5. The molecule has 0 saturated heterocycles. The van der Waals surface area contributed by atoms with Crippen LogP contribution in [0.3, 0.4) is 0 Å². The number of alkyl halides is 2. The molecule has 3 aromatic rings. The Morgan fingerprint density at radius 3 is 2.52 bits per heavy atom. The maximum Gasteiger partial charge on any atom is 0.387 e. The zero-order valence-corrected chi connectivity index (χ0v) is 23.2. The van der Waals surface area contributed by atoms with Gasteiger partial charge in [-0.3, -0.25) is 9.59 Å². The van der Waals surface area contributed by atoms with Gasteiger partial charge in [-0.05, 0) is 87.6 Å². The zero-order chi connectivity index (χ0) is 30.2. The molecule has 1 aliphatic heterocycles. The van der Waals surface area contributed by atoms with Gasteiger partial charge >= 0.3 is 6.61 Å². The number of ketones is 1. The summed E-state index contributed by atoms with van der Waals surface area (Å²) >= 11 is 0. The van der Waals surface area contributed by atoms with Crippen molar-refractivity contribution >= 4 is 11.7 Å². The number of nitrogens with two attached hydrogens (primary N) is 1. The van der Waals surface area contributed by atoms with Gasteiger partial charge in [-0.2, -0.15) is 8.78 Å². The van der Waals surface area contributed by atoms with E-state index in [-0.39, 0.29) is 48.0 Å². The van der Waals surface area contributed by atoms with Crippen LogP contribution in [0.4, 0.5) is 13.2 Å². The van der Waals surface area contributed by atoms with E-state index < -0.39 is 29.4 Å². The van der Waals surface area contributed by atoms with E-state index in [2.05, 4.69) is 9.72 Å². The largest absolute Gasteiger partial charge is 0.489 e. The molecule has 0 radical (unpaired) electrons. The van der Waals surface area contributed by atoms with Crippen molar-refractivity contribution in [2.75, 3.05) is 13.2 Å². The first-order valence-electron chi connectivity index (χ1n) is 13.6. The third kappa shape index (κ3) is 6.06. The van der Waals surface area contributed by atoms with Crippen LogP contribution >= 0.6 is 0 Å². The van der Waals surface area contributed by atoms with Crippen molar-refractivity contribution in [1.82, 2.24) is 4.98 Å². The van der Waals surface area contributed by atoms with Crippen LogP contribution in [0.25, 0.3) is 11.3 Å². The number of rotatable bonds is 12. The van der Waals surface area contributed by atoms with Crippen molar-refractivity contribution < 1.29 is 42.1 Å². The Balaban J connectivity index is 1.41. The summed E-state index contributed by atoms with van der Waals surface area (Å²) in [5.74, 6) is -0.893. The molecule has 11 heteroatoms. The number of halogens is 3. The fraction of sp³-hybridized carbons (Fsp3) is 0.387. The molecule has 0 unspecified atom stereocenters. The molecule has 1 aromatic heterocycles.